The number of benzene rings is 3. The molecule has 0 amide bonds. The fourth-order valence-electron chi connectivity index (χ4n) is 3.51. The lowest BCUT2D eigenvalue weighted by Crippen LogP contribution is -2.28. The second-order valence-electron chi connectivity index (χ2n) is 6.20. The van der Waals surface area contributed by atoms with Crippen LogP contribution in [0.15, 0.2) is 72.8 Å². The van der Waals surface area contributed by atoms with Crippen molar-refractivity contribution in [1.82, 2.24) is 4.98 Å². The summed E-state index contributed by atoms with van der Waals surface area (Å²) in [6.45, 7) is 0. The molecule has 0 atom stereocenters. The largest absolute Gasteiger partial charge is 0.351 e. The lowest BCUT2D eigenvalue weighted by atomic mass is 10.1. The van der Waals surface area contributed by atoms with Gasteiger partial charge in [0.2, 0.25) is 0 Å². The molecule has 25 heavy (non-hydrogen) atoms. The second-order valence-corrected chi connectivity index (χ2v) is 7.17. The first-order valence-corrected chi connectivity index (χ1v) is 9.03. The first-order valence-electron chi connectivity index (χ1n) is 8.25. The molecule has 120 valence electrons. The fourth-order valence-corrected chi connectivity index (χ4v) is 4.27. The number of rotatable bonds is 2. The smallest absolute Gasteiger partial charge is 0.350 e. The summed E-state index contributed by atoms with van der Waals surface area (Å²) in [4.78, 5) is 4.55. The van der Waals surface area contributed by atoms with Gasteiger partial charge in [0, 0.05) is 0 Å². The van der Waals surface area contributed by atoms with Crippen LogP contribution in [0.3, 0.4) is 0 Å². The third-order valence-electron chi connectivity index (χ3n) is 4.64. The standard InChI is InChI=1S/C21H15N3S/c22-21-23-20(14-6-2-1-3-7-14)24(25-21)17-10-11-19-16(13-17)12-15-8-4-5-9-18(15)19/h1-11,13,22H,12H2/p+1. The van der Waals surface area contributed by atoms with Crippen LogP contribution in [0.25, 0.3) is 28.2 Å². The summed E-state index contributed by atoms with van der Waals surface area (Å²) >= 11 is 1.47. The van der Waals surface area contributed by atoms with Crippen molar-refractivity contribution in [2.75, 3.05) is 5.73 Å². The van der Waals surface area contributed by atoms with E-state index in [-0.39, 0.29) is 0 Å². The van der Waals surface area contributed by atoms with Crippen molar-refractivity contribution in [3.05, 3.63) is 83.9 Å². The molecule has 1 aliphatic rings. The quantitative estimate of drug-likeness (QED) is 0.488. The Morgan fingerprint density at radius 2 is 1.60 bits per heavy atom. The van der Waals surface area contributed by atoms with Gasteiger partial charge in [-0.25, -0.2) is 0 Å². The fraction of sp³-hybridized carbons (Fsp3) is 0.0476. The van der Waals surface area contributed by atoms with Gasteiger partial charge in [0.05, 0.1) is 5.56 Å². The van der Waals surface area contributed by atoms with E-state index in [2.05, 4.69) is 63.5 Å². The molecule has 0 fully saturated rings. The Kier molecular flexibility index (Phi) is 3.18. The highest BCUT2D eigenvalue weighted by atomic mass is 32.1. The van der Waals surface area contributed by atoms with E-state index < -0.39 is 0 Å². The molecule has 0 aliphatic heterocycles. The minimum Gasteiger partial charge on any atom is -0.351 e. The third kappa shape index (κ3) is 2.34. The number of fused-ring (bicyclic) bond motifs is 3. The van der Waals surface area contributed by atoms with Gasteiger partial charge in [0.25, 0.3) is 0 Å². The monoisotopic (exact) mass is 342 g/mol. The number of anilines is 1. The molecule has 0 unspecified atom stereocenters. The summed E-state index contributed by atoms with van der Waals surface area (Å²) in [5.41, 5.74) is 13.6. The highest BCUT2D eigenvalue weighted by molar-refractivity contribution is 7.05. The van der Waals surface area contributed by atoms with E-state index in [0.717, 1.165) is 23.5 Å². The molecule has 3 aromatic carbocycles. The van der Waals surface area contributed by atoms with Gasteiger partial charge in [-0.1, -0.05) is 42.5 Å². The molecule has 4 heteroatoms. The molecule has 1 aromatic heterocycles. The van der Waals surface area contributed by atoms with Crippen LogP contribution in [-0.2, 0) is 6.42 Å². The van der Waals surface area contributed by atoms with Crippen LogP contribution in [0.4, 0.5) is 5.13 Å². The van der Waals surface area contributed by atoms with Crippen molar-refractivity contribution in [2.45, 2.75) is 6.42 Å². The highest BCUT2D eigenvalue weighted by Gasteiger charge is 2.25. The highest BCUT2D eigenvalue weighted by Crippen LogP contribution is 2.37. The number of aromatic nitrogens is 2. The van der Waals surface area contributed by atoms with Crippen molar-refractivity contribution < 1.29 is 3.96 Å². The van der Waals surface area contributed by atoms with Gasteiger partial charge < -0.3 is 5.73 Å². The molecule has 3 nitrogen and oxygen atoms in total. The van der Waals surface area contributed by atoms with Crippen molar-refractivity contribution >= 4 is 16.7 Å². The Hall–Kier alpha value is -2.98. The second kappa shape index (κ2) is 5.53. The van der Waals surface area contributed by atoms with Gasteiger partial charge in [-0.05, 0) is 64.0 Å². The average Bonchev–Trinajstić information content (AvgIpc) is 3.22. The molecule has 1 aliphatic carbocycles. The van der Waals surface area contributed by atoms with Gasteiger partial charge in [-0.3, -0.25) is 0 Å². The van der Waals surface area contributed by atoms with Gasteiger partial charge in [-0.2, -0.15) is 0 Å². The third-order valence-corrected chi connectivity index (χ3v) is 5.48. The minimum absolute atomic E-state index is 0.572. The normalized spacial score (nSPS) is 12.0. The number of nitrogens with zero attached hydrogens (tertiary/aromatic N) is 2. The summed E-state index contributed by atoms with van der Waals surface area (Å²) < 4.78 is 2.12. The van der Waals surface area contributed by atoms with E-state index in [1.807, 2.05) is 18.2 Å². The van der Waals surface area contributed by atoms with Crippen LogP contribution < -0.4 is 9.69 Å². The zero-order valence-corrected chi connectivity index (χ0v) is 14.3. The molecular formula is C21H16N3S+. The van der Waals surface area contributed by atoms with Crippen LogP contribution in [0.5, 0.6) is 0 Å². The Bertz CT molecular complexity index is 1080. The summed E-state index contributed by atoms with van der Waals surface area (Å²) in [6.07, 6.45) is 0.981. The van der Waals surface area contributed by atoms with Crippen LogP contribution in [0, 0.1) is 0 Å². The van der Waals surface area contributed by atoms with Crippen molar-refractivity contribution in [3.63, 3.8) is 0 Å². The Balaban J connectivity index is 1.64. The lowest BCUT2D eigenvalue weighted by Gasteiger charge is -2.03. The van der Waals surface area contributed by atoms with Gasteiger partial charge >= 0.3 is 11.0 Å². The molecule has 5 rings (SSSR count). The Morgan fingerprint density at radius 1 is 0.840 bits per heavy atom. The van der Waals surface area contributed by atoms with Crippen molar-refractivity contribution in [1.29, 1.82) is 0 Å². The molecular weight excluding hydrogens is 326 g/mol. The van der Waals surface area contributed by atoms with E-state index >= 15 is 0 Å². The number of nitrogen functional groups attached to an aromatic ring is 1. The summed E-state index contributed by atoms with van der Waals surface area (Å²) in [7, 11) is 0. The topological polar surface area (TPSA) is 42.8 Å². The van der Waals surface area contributed by atoms with Crippen molar-refractivity contribution in [3.8, 4) is 28.2 Å². The summed E-state index contributed by atoms with van der Waals surface area (Å²) in [6, 6.07) is 25.4. The van der Waals surface area contributed by atoms with Crippen molar-refractivity contribution in [2.24, 2.45) is 0 Å². The van der Waals surface area contributed by atoms with E-state index in [9.17, 15) is 0 Å². The summed E-state index contributed by atoms with van der Waals surface area (Å²) in [5, 5.41) is 0.572. The molecule has 0 spiro atoms. The average molecular weight is 342 g/mol. The number of nitrogens with two attached hydrogens (primary N) is 1. The Morgan fingerprint density at radius 3 is 2.48 bits per heavy atom. The first kappa shape index (κ1) is 14.4. The minimum atomic E-state index is 0.572. The van der Waals surface area contributed by atoms with E-state index in [1.54, 1.807) is 0 Å². The zero-order chi connectivity index (χ0) is 16.8. The number of hydrogen-bond donors (Lipinski definition) is 1. The van der Waals surface area contributed by atoms with Gasteiger partial charge in [0.1, 0.15) is 17.2 Å². The van der Waals surface area contributed by atoms with Crippen LogP contribution in [0.2, 0.25) is 0 Å². The lowest BCUT2D eigenvalue weighted by molar-refractivity contribution is -0.509. The van der Waals surface area contributed by atoms with Gasteiger partial charge in [-0.15, -0.1) is 3.96 Å². The maximum Gasteiger partial charge on any atom is 0.350 e. The van der Waals surface area contributed by atoms with Crippen LogP contribution in [0.1, 0.15) is 11.1 Å². The SMILES string of the molecule is Nc1nc(-c2ccccc2)[n+](-c2ccc3c(c2)Cc2ccccc2-3)s1. The van der Waals surface area contributed by atoms with Crippen LogP contribution in [-0.4, -0.2) is 4.98 Å². The van der Waals surface area contributed by atoms with Gasteiger partial charge in [0.15, 0.2) is 0 Å². The molecule has 0 saturated carbocycles. The van der Waals surface area contributed by atoms with E-state index in [0.29, 0.717) is 5.13 Å². The summed E-state index contributed by atoms with van der Waals surface area (Å²) in [5.74, 6) is 0.888. The first-order chi connectivity index (χ1) is 12.3. The van der Waals surface area contributed by atoms with E-state index in [1.165, 1.54) is 33.8 Å². The molecule has 0 saturated heterocycles. The maximum absolute atomic E-state index is 6.02. The molecule has 2 N–H and O–H groups in total. The molecule has 0 radical (unpaired) electrons. The predicted octanol–water partition coefficient (Wildman–Crippen LogP) is 4.24. The Labute approximate surface area is 150 Å². The van der Waals surface area contributed by atoms with E-state index in [4.69, 9.17) is 5.73 Å². The zero-order valence-electron chi connectivity index (χ0n) is 13.5. The predicted molar refractivity (Wildman–Crippen MR) is 102 cm³/mol. The maximum atomic E-state index is 6.02. The molecule has 0 bridgehead atoms. The van der Waals surface area contributed by atoms with Crippen LogP contribution >= 0.6 is 11.5 Å². The molecule has 1 heterocycles. The number of hydrogen-bond acceptors (Lipinski definition) is 3. The molecule has 4 aromatic rings.